The zero-order valence-electron chi connectivity index (χ0n) is 16.8. The van der Waals surface area contributed by atoms with E-state index in [-0.39, 0.29) is 12.0 Å². The average molecular weight is 386 g/mol. The molecule has 2 aromatic carbocycles. The number of ether oxygens (including phenoxy) is 1. The zero-order valence-corrected chi connectivity index (χ0v) is 16.8. The van der Waals surface area contributed by atoms with Crippen LogP contribution < -0.4 is 4.74 Å². The molecule has 3 rings (SSSR count). The predicted molar refractivity (Wildman–Crippen MR) is 114 cm³/mol. The van der Waals surface area contributed by atoms with Crippen molar-refractivity contribution in [1.29, 1.82) is 5.26 Å². The molecule has 1 N–H and O–H groups in total. The number of aromatic nitrogens is 1. The summed E-state index contributed by atoms with van der Waals surface area (Å²) >= 11 is 0. The number of pyridine rings is 1. The van der Waals surface area contributed by atoms with Crippen LogP contribution in [0.4, 0.5) is 0 Å². The van der Waals surface area contributed by atoms with Gasteiger partial charge >= 0.3 is 0 Å². The van der Waals surface area contributed by atoms with Crippen LogP contribution in [-0.2, 0) is 6.42 Å². The predicted octanol–water partition coefficient (Wildman–Crippen LogP) is 5.02. The maximum Gasteiger partial charge on any atom is 0.127 e. The molecule has 0 saturated heterocycles. The van der Waals surface area contributed by atoms with E-state index in [1.54, 1.807) is 12.3 Å². The highest BCUT2D eigenvalue weighted by Crippen LogP contribution is 2.26. The molecule has 1 aromatic heterocycles. The monoisotopic (exact) mass is 386 g/mol. The van der Waals surface area contributed by atoms with E-state index in [9.17, 15) is 5.11 Å². The molecule has 0 radical (unpaired) electrons. The lowest BCUT2D eigenvalue weighted by Crippen LogP contribution is -2.36. The Morgan fingerprint density at radius 3 is 2.48 bits per heavy atom. The quantitative estimate of drug-likeness (QED) is 0.590. The molecule has 0 amide bonds. The Balaban J connectivity index is 1.66. The molecule has 0 aliphatic rings. The first kappa shape index (κ1) is 20.6. The molecule has 148 valence electrons. The van der Waals surface area contributed by atoms with Crippen LogP contribution in [0.1, 0.15) is 31.4 Å². The summed E-state index contributed by atoms with van der Waals surface area (Å²) in [5, 5.41) is 19.8. The van der Waals surface area contributed by atoms with Crippen molar-refractivity contribution in [1.82, 2.24) is 4.98 Å². The lowest BCUT2D eigenvalue weighted by Gasteiger charge is -2.27. The van der Waals surface area contributed by atoms with Gasteiger partial charge in [0.15, 0.2) is 0 Å². The van der Waals surface area contributed by atoms with Crippen molar-refractivity contribution in [2.24, 2.45) is 5.92 Å². The summed E-state index contributed by atoms with van der Waals surface area (Å²) in [7, 11) is 0. The number of benzene rings is 2. The Kier molecular flexibility index (Phi) is 6.99. The van der Waals surface area contributed by atoms with Gasteiger partial charge < -0.3 is 9.84 Å². The van der Waals surface area contributed by atoms with Crippen LogP contribution in [0.25, 0.3) is 11.1 Å². The summed E-state index contributed by atoms with van der Waals surface area (Å²) in [4.78, 5) is 4.12. The SMILES string of the molecule is CC(C)[C@H](Oc1ccc(-c2cccc(C#N)c2)cc1)C(O)CCc1cccnc1. The first-order valence-corrected chi connectivity index (χ1v) is 9.91. The molecule has 1 unspecified atom stereocenters. The summed E-state index contributed by atoms with van der Waals surface area (Å²) in [6, 6.07) is 21.4. The first-order valence-electron chi connectivity index (χ1n) is 9.91. The van der Waals surface area contributed by atoms with Crippen molar-refractivity contribution in [3.63, 3.8) is 0 Å². The van der Waals surface area contributed by atoms with Gasteiger partial charge in [-0.15, -0.1) is 0 Å². The van der Waals surface area contributed by atoms with Crippen molar-refractivity contribution in [3.05, 3.63) is 84.2 Å². The normalized spacial score (nSPS) is 12.9. The highest BCUT2D eigenvalue weighted by atomic mass is 16.5. The second kappa shape index (κ2) is 9.86. The Morgan fingerprint density at radius 2 is 1.83 bits per heavy atom. The van der Waals surface area contributed by atoms with Gasteiger partial charge in [-0.25, -0.2) is 0 Å². The minimum Gasteiger partial charge on any atom is -0.487 e. The summed E-state index contributed by atoms with van der Waals surface area (Å²) in [6.07, 6.45) is 4.10. The van der Waals surface area contributed by atoms with Gasteiger partial charge in [-0.1, -0.05) is 44.2 Å². The number of rotatable bonds is 8. The number of aliphatic hydroxyl groups excluding tert-OH is 1. The number of nitrogens with zero attached hydrogens (tertiary/aromatic N) is 2. The highest BCUT2D eigenvalue weighted by molar-refractivity contribution is 5.65. The molecule has 4 nitrogen and oxygen atoms in total. The molecular weight excluding hydrogens is 360 g/mol. The summed E-state index contributed by atoms with van der Waals surface area (Å²) < 4.78 is 6.14. The van der Waals surface area contributed by atoms with E-state index < -0.39 is 6.10 Å². The molecule has 3 aromatic rings. The Labute approximate surface area is 172 Å². The van der Waals surface area contributed by atoms with Crippen LogP contribution in [0.5, 0.6) is 5.75 Å². The fourth-order valence-corrected chi connectivity index (χ4v) is 3.34. The number of hydrogen-bond acceptors (Lipinski definition) is 4. The van der Waals surface area contributed by atoms with Gasteiger partial charge in [-0.05, 0) is 65.8 Å². The van der Waals surface area contributed by atoms with Crippen molar-refractivity contribution < 1.29 is 9.84 Å². The third-order valence-electron chi connectivity index (χ3n) is 4.94. The Morgan fingerprint density at radius 1 is 1.03 bits per heavy atom. The molecule has 0 bridgehead atoms. The van der Waals surface area contributed by atoms with E-state index in [4.69, 9.17) is 10.00 Å². The second-order valence-corrected chi connectivity index (χ2v) is 7.51. The van der Waals surface area contributed by atoms with E-state index in [0.29, 0.717) is 12.0 Å². The molecule has 0 fully saturated rings. The molecule has 4 heteroatoms. The van der Waals surface area contributed by atoms with Crippen LogP contribution in [0.3, 0.4) is 0 Å². The van der Waals surface area contributed by atoms with Gasteiger partial charge in [0.1, 0.15) is 11.9 Å². The van der Waals surface area contributed by atoms with Crippen LogP contribution in [-0.4, -0.2) is 22.3 Å². The van der Waals surface area contributed by atoms with Crippen molar-refractivity contribution in [2.45, 2.75) is 38.9 Å². The van der Waals surface area contributed by atoms with E-state index >= 15 is 0 Å². The second-order valence-electron chi connectivity index (χ2n) is 7.51. The summed E-state index contributed by atoms with van der Waals surface area (Å²) in [5.74, 6) is 0.898. The molecule has 0 aliphatic carbocycles. The van der Waals surface area contributed by atoms with E-state index in [2.05, 4.69) is 24.9 Å². The van der Waals surface area contributed by atoms with Crippen LogP contribution in [0, 0.1) is 17.2 Å². The molecule has 2 atom stereocenters. The van der Waals surface area contributed by atoms with Gasteiger partial charge in [0.2, 0.25) is 0 Å². The topological polar surface area (TPSA) is 66.1 Å². The molecule has 0 spiro atoms. The van der Waals surface area contributed by atoms with Crippen LogP contribution >= 0.6 is 0 Å². The minimum atomic E-state index is -0.567. The van der Waals surface area contributed by atoms with Gasteiger partial charge in [0.05, 0.1) is 17.7 Å². The van der Waals surface area contributed by atoms with Crippen LogP contribution in [0.2, 0.25) is 0 Å². The minimum absolute atomic E-state index is 0.172. The highest BCUT2D eigenvalue weighted by Gasteiger charge is 2.24. The zero-order chi connectivity index (χ0) is 20.6. The lowest BCUT2D eigenvalue weighted by molar-refractivity contribution is 0.00486. The van der Waals surface area contributed by atoms with E-state index in [1.807, 2.05) is 60.8 Å². The Hall–Kier alpha value is -3.16. The number of aryl methyl sites for hydroxylation is 1. The van der Waals surface area contributed by atoms with Gasteiger partial charge in [-0.3, -0.25) is 4.98 Å². The molecule has 1 heterocycles. The summed E-state index contributed by atoms with van der Waals surface area (Å²) in [6.45, 7) is 4.11. The molecule has 29 heavy (non-hydrogen) atoms. The molecular formula is C25H26N2O2. The van der Waals surface area contributed by atoms with Gasteiger partial charge in [-0.2, -0.15) is 5.26 Å². The molecule has 0 saturated carbocycles. The number of hydrogen-bond donors (Lipinski definition) is 1. The third-order valence-corrected chi connectivity index (χ3v) is 4.94. The van der Waals surface area contributed by atoms with Crippen molar-refractivity contribution >= 4 is 0 Å². The van der Waals surface area contributed by atoms with Gasteiger partial charge in [0, 0.05) is 12.4 Å². The summed E-state index contributed by atoms with van der Waals surface area (Å²) in [5.41, 5.74) is 3.76. The maximum atomic E-state index is 10.7. The van der Waals surface area contributed by atoms with Gasteiger partial charge in [0.25, 0.3) is 0 Å². The number of nitriles is 1. The molecule has 0 aliphatic heterocycles. The fraction of sp³-hybridized carbons (Fsp3) is 0.280. The Bertz CT molecular complexity index is 947. The van der Waals surface area contributed by atoms with E-state index in [1.165, 1.54) is 0 Å². The van der Waals surface area contributed by atoms with Crippen LogP contribution in [0.15, 0.2) is 73.1 Å². The fourth-order valence-electron chi connectivity index (χ4n) is 3.34. The van der Waals surface area contributed by atoms with E-state index in [0.717, 1.165) is 28.9 Å². The lowest BCUT2D eigenvalue weighted by atomic mass is 9.96. The number of aliphatic hydroxyl groups is 1. The largest absolute Gasteiger partial charge is 0.487 e. The standard InChI is InChI=1S/C25H26N2O2/c1-18(2)25(24(28)13-8-19-6-4-14-27-17-19)29-23-11-9-21(10-12-23)22-7-3-5-20(15-22)16-26/h3-7,9-12,14-15,17-18,24-25,28H,8,13H2,1-2H3/t24?,25-/m0/s1. The first-order chi connectivity index (χ1) is 14.1. The third kappa shape index (κ3) is 5.66. The average Bonchev–Trinajstić information content (AvgIpc) is 2.76. The van der Waals surface area contributed by atoms with Crippen molar-refractivity contribution in [2.75, 3.05) is 0 Å². The smallest absolute Gasteiger partial charge is 0.127 e. The maximum absolute atomic E-state index is 10.7. The van der Waals surface area contributed by atoms with Crippen molar-refractivity contribution in [3.8, 4) is 22.9 Å².